The molecule has 0 bridgehead atoms. The summed E-state index contributed by atoms with van der Waals surface area (Å²) in [6.07, 6.45) is 0. The normalized spacial score (nSPS) is 10.9. The molecule has 0 saturated carbocycles. The molecule has 10 nitrogen and oxygen atoms in total. The quantitative estimate of drug-likeness (QED) is 0.408. The second kappa shape index (κ2) is 7.72. The second-order valence-electron chi connectivity index (χ2n) is 5.73. The van der Waals surface area contributed by atoms with E-state index < -0.39 is 11.6 Å². The van der Waals surface area contributed by atoms with Crippen LogP contribution < -0.4 is 20.5 Å². The predicted octanol–water partition coefficient (Wildman–Crippen LogP) is 2.64. The maximum Gasteiger partial charge on any atom is 0.352 e. The Morgan fingerprint density at radius 2 is 2.00 bits per heavy atom. The van der Waals surface area contributed by atoms with Gasteiger partial charge in [0, 0.05) is 6.07 Å². The van der Waals surface area contributed by atoms with Crippen molar-refractivity contribution >= 4 is 28.7 Å². The lowest BCUT2D eigenvalue weighted by Crippen LogP contribution is -2.17. The molecule has 0 unspecified atom stereocenters. The van der Waals surface area contributed by atoms with Gasteiger partial charge in [-0.25, -0.2) is 9.78 Å². The van der Waals surface area contributed by atoms with Crippen LogP contribution in [0.5, 0.6) is 17.5 Å². The third kappa shape index (κ3) is 4.24. The maximum absolute atomic E-state index is 13.2. The number of anilines is 1. The van der Waals surface area contributed by atoms with Crippen LogP contribution in [-0.4, -0.2) is 37.0 Å². The zero-order valence-electron chi connectivity index (χ0n) is 14.9. The molecule has 1 aromatic carbocycles. The van der Waals surface area contributed by atoms with E-state index >= 15 is 0 Å². The first kappa shape index (κ1) is 18.6. The molecule has 3 aromatic heterocycles. The SMILES string of the molecule is COc1ccc(Oc2nc(NCc3nc4nc(F)ccc4[nH]3)[nH]c(=O)n2)c(Cl)c1. The Kier molecular flexibility index (Phi) is 4.96. The summed E-state index contributed by atoms with van der Waals surface area (Å²) in [6.45, 7) is 0.160. The van der Waals surface area contributed by atoms with E-state index in [1.807, 2.05) is 0 Å². The molecule has 0 aliphatic heterocycles. The number of methoxy groups -OCH3 is 1. The minimum Gasteiger partial charge on any atom is -0.497 e. The molecule has 0 aliphatic rings. The van der Waals surface area contributed by atoms with E-state index in [0.717, 1.165) is 0 Å². The first-order valence-corrected chi connectivity index (χ1v) is 8.63. The van der Waals surface area contributed by atoms with Crippen molar-refractivity contribution < 1.29 is 13.9 Å². The zero-order valence-corrected chi connectivity index (χ0v) is 15.6. The largest absolute Gasteiger partial charge is 0.497 e. The molecule has 12 heteroatoms. The molecular formula is C17H13ClFN7O3. The molecule has 0 radical (unpaired) electrons. The Morgan fingerprint density at radius 1 is 1.14 bits per heavy atom. The molecule has 0 amide bonds. The third-order valence-corrected chi connectivity index (χ3v) is 4.05. The van der Waals surface area contributed by atoms with Gasteiger partial charge in [0.1, 0.15) is 17.3 Å². The number of benzene rings is 1. The van der Waals surface area contributed by atoms with Gasteiger partial charge in [0.15, 0.2) is 5.65 Å². The maximum atomic E-state index is 13.2. The van der Waals surface area contributed by atoms with Gasteiger partial charge >= 0.3 is 11.7 Å². The van der Waals surface area contributed by atoms with Crippen LogP contribution in [0.15, 0.2) is 35.1 Å². The van der Waals surface area contributed by atoms with Gasteiger partial charge in [0.25, 0.3) is 0 Å². The van der Waals surface area contributed by atoms with Crippen molar-refractivity contribution in [2.45, 2.75) is 6.54 Å². The van der Waals surface area contributed by atoms with Crippen molar-refractivity contribution in [1.82, 2.24) is 29.9 Å². The van der Waals surface area contributed by atoms with Gasteiger partial charge in [-0.2, -0.15) is 14.4 Å². The van der Waals surface area contributed by atoms with Gasteiger partial charge < -0.3 is 19.8 Å². The standard InChI is InChI=1S/C17H13ClFN7O3/c1-28-8-2-4-11(9(18)6-8)29-17-25-15(24-16(27)26-17)20-7-13-21-10-3-5-12(19)22-14(10)23-13/h2-6H,7H2,1H3,(H,21,22,23)(H2,20,24,25,26,27). The lowest BCUT2D eigenvalue weighted by molar-refractivity contribution is 0.410. The summed E-state index contributed by atoms with van der Waals surface area (Å²) in [4.78, 5) is 32.8. The fraction of sp³-hybridized carbons (Fsp3) is 0.118. The molecule has 0 spiro atoms. The highest BCUT2D eigenvalue weighted by atomic mass is 35.5. The van der Waals surface area contributed by atoms with Crippen molar-refractivity contribution in [1.29, 1.82) is 0 Å². The van der Waals surface area contributed by atoms with Crippen molar-refractivity contribution in [3.8, 4) is 17.5 Å². The molecule has 0 atom stereocenters. The van der Waals surface area contributed by atoms with Crippen molar-refractivity contribution in [2.24, 2.45) is 0 Å². The molecule has 4 rings (SSSR count). The van der Waals surface area contributed by atoms with E-state index in [0.29, 0.717) is 17.1 Å². The number of fused-ring (bicyclic) bond motifs is 1. The number of ether oxygens (including phenoxy) is 2. The third-order valence-electron chi connectivity index (χ3n) is 3.75. The van der Waals surface area contributed by atoms with Gasteiger partial charge in [-0.05, 0) is 24.3 Å². The fourth-order valence-electron chi connectivity index (χ4n) is 2.45. The highest BCUT2D eigenvalue weighted by Crippen LogP contribution is 2.31. The van der Waals surface area contributed by atoms with Crippen LogP contribution in [0.25, 0.3) is 11.2 Å². The number of hydrogen-bond donors (Lipinski definition) is 3. The number of aromatic amines is 2. The van der Waals surface area contributed by atoms with Crippen LogP contribution in [-0.2, 0) is 6.54 Å². The summed E-state index contributed by atoms with van der Waals surface area (Å²) in [5.41, 5.74) is 0.157. The summed E-state index contributed by atoms with van der Waals surface area (Å²) < 4.78 is 23.7. The summed E-state index contributed by atoms with van der Waals surface area (Å²) in [6, 6.07) is 7.34. The number of H-pyrrole nitrogens is 2. The van der Waals surface area contributed by atoms with E-state index in [9.17, 15) is 9.18 Å². The van der Waals surface area contributed by atoms with Crippen LogP contribution in [0.1, 0.15) is 5.82 Å². The van der Waals surface area contributed by atoms with Crippen LogP contribution in [0.2, 0.25) is 5.02 Å². The minimum absolute atomic E-state index is 0.101. The average Bonchev–Trinajstić information content (AvgIpc) is 3.09. The topological polar surface area (TPSA) is 131 Å². The molecule has 29 heavy (non-hydrogen) atoms. The molecule has 0 saturated heterocycles. The molecule has 4 aromatic rings. The van der Waals surface area contributed by atoms with Gasteiger partial charge in [0.2, 0.25) is 11.9 Å². The number of nitrogens with zero attached hydrogens (tertiary/aromatic N) is 4. The van der Waals surface area contributed by atoms with Crippen molar-refractivity contribution in [2.75, 3.05) is 12.4 Å². The number of nitrogens with one attached hydrogen (secondary N) is 3. The molecule has 3 heterocycles. The van der Waals surface area contributed by atoms with E-state index in [4.69, 9.17) is 21.1 Å². The average molecular weight is 418 g/mol. The Hall–Kier alpha value is -3.73. The van der Waals surface area contributed by atoms with Gasteiger partial charge in [0.05, 0.1) is 24.2 Å². The first-order chi connectivity index (χ1) is 14.0. The van der Waals surface area contributed by atoms with E-state index in [2.05, 4.69) is 35.2 Å². The highest BCUT2D eigenvalue weighted by Gasteiger charge is 2.11. The van der Waals surface area contributed by atoms with Crippen LogP contribution in [0.4, 0.5) is 10.3 Å². The monoisotopic (exact) mass is 417 g/mol. The van der Waals surface area contributed by atoms with E-state index in [-0.39, 0.29) is 34.9 Å². The van der Waals surface area contributed by atoms with E-state index in [1.54, 1.807) is 18.2 Å². The highest BCUT2D eigenvalue weighted by molar-refractivity contribution is 6.32. The first-order valence-electron chi connectivity index (χ1n) is 8.25. The molecule has 0 fully saturated rings. The second-order valence-corrected chi connectivity index (χ2v) is 6.13. The Morgan fingerprint density at radius 3 is 2.79 bits per heavy atom. The molecule has 3 N–H and O–H groups in total. The van der Waals surface area contributed by atoms with Gasteiger partial charge in [-0.1, -0.05) is 11.6 Å². The fourth-order valence-corrected chi connectivity index (χ4v) is 2.66. The van der Waals surface area contributed by atoms with Crippen molar-refractivity contribution in [3.63, 3.8) is 0 Å². The number of halogens is 2. The smallest absolute Gasteiger partial charge is 0.352 e. The van der Waals surface area contributed by atoms with Crippen LogP contribution in [0.3, 0.4) is 0 Å². The van der Waals surface area contributed by atoms with Crippen LogP contribution >= 0.6 is 11.6 Å². The molecular weight excluding hydrogens is 405 g/mol. The summed E-state index contributed by atoms with van der Waals surface area (Å²) in [5.74, 6) is 0.760. The lowest BCUT2D eigenvalue weighted by atomic mass is 10.3. The minimum atomic E-state index is -0.671. The Balaban J connectivity index is 1.51. The van der Waals surface area contributed by atoms with Gasteiger partial charge in [-0.15, -0.1) is 4.98 Å². The van der Waals surface area contributed by atoms with Crippen molar-refractivity contribution in [3.05, 3.63) is 57.6 Å². The number of aromatic nitrogens is 6. The number of pyridine rings is 1. The lowest BCUT2D eigenvalue weighted by Gasteiger charge is -2.08. The zero-order chi connectivity index (χ0) is 20.4. The number of rotatable bonds is 6. The Labute approximate surface area is 167 Å². The predicted molar refractivity (Wildman–Crippen MR) is 102 cm³/mol. The van der Waals surface area contributed by atoms with E-state index in [1.165, 1.54) is 19.2 Å². The summed E-state index contributed by atoms with van der Waals surface area (Å²) in [7, 11) is 1.51. The Bertz CT molecular complexity index is 1240. The summed E-state index contributed by atoms with van der Waals surface area (Å²) >= 11 is 6.12. The number of hydrogen-bond acceptors (Lipinski definition) is 8. The van der Waals surface area contributed by atoms with Crippen LogP contribution in [0, 0.1) is 5.95 Å². The molecule has 148 valence electrons. The number of imidazole rings is 1. The molecule has 0 aliphatic carbocycles. The van der Waals surface area contributed by atoms with Gasteiger partial charge in [-0.3, -0.25) is 4.98 Å². The summed E-state index contributed by atoms with van der Waals surface area (Å²) in [5, 5.41) is 3.15.